The molecule has 2 aromatic rings. The van der Waals surface area contributed by atoms with Crippen LogP contribution in [0, 0.1) is 0 Å². The second-order valence-electron chi connectivity index (χ2n) is 6.71. The third-order valence-electron chi connectivity index (χ3n) is 4.98. The lowest BCUT2D eigenvalue weighted by molar-refractivity contribution is 0.250. The second-order valence-corrected chi connectivity index (χ2v) is 6.71. The van der Waals surface area contributed by atoms with E-state index in [2.05, 4.69) is 9.80 Å². The molecule has 0 bridgehead atoms. The zero-order valence-electron chi connectivity index (χ0n) is 15.2. The van der Waals surface area contributed by atoms with E-state index in [1.807, 2.05) is 18.2 Å². The third-order valence-corrected chi connectivity index (χ3v) is 4.98. The number of nitrogens with zero attached hydrogens (tertiary/aromatic N) is 4. The van der Waals surface area contributed by atoms with Gasteiger partial charge in [0.25, 0.3) is 5.56 Å². The average molecular weight is 358 g/mol. The number of unbranched alkanes of at least 4 members (excludes halogenated alkanes) is 1. The van der Waals surface area contributed by atoms with E-state index >= 15 is 0 Å². The highest BCUT2D eigenvalue weighted by Gasteiger charge is 2.18. The fourth-order valence-electron chi connectivity index (χ4n) is 3.35. The molecule has 26 heavy (non-hydrogen) atoms. The Balaban J connectivity index is 1.42. The summed E-state index contributed by atoms with van der Waals surface area (Å²) < 4.78 is 2.73. The number of phenolic OH excluding ortho intramolecular Hbond substituents is 1. The van der Waals surface area contributed by atoms with Crippen molar-refractivity contribution in [2.45, 2.75) is 19.4 Å². The second kappa shape index (κ2) is 8.23. The lowest BCUT2D eigenvalue weighted by Crippen LogP contribution is -2.46. The molecule has 2 heterocycles. The van der Waals surface area contributed by atoms with E-state index in [9.17, 15) is 14.7 Å². The van der Waals surface area contributed by atoms with Gasteiger partial charge in [-0.1, -0.05) is 12.1 Å². The van der Waals surface area contributed by atoms with Crippen LogP contribution >= 0.6 is 0 Å². The highest BCUT2D eigenvalue weighted by atomic mass is 16.3. The van der Waals surface area contributed by atoms with Crippen LogP contribution in [0.1, 0.15) is 12.8 Å². The van der Waals surface area contributed by atoms with E-state index < -0.39 is 0 Å². The van der Waals surface area contributed by atoms with Crippen molar-refractivity contribution in [3.8, 4) is 5.75 Å². The van der Waals surface area contributed by atoms with Gasteiger partial charge in [0, 0.05) is 52.0 Å². The van der Waals surface area contributed by atoms with E-state index in [4.69, 9.17) is 0 Å². The van der Waals surface area contributed by atoms with Gasteiger partial charge in [-0.2, -0.15) is 0 Å². The summed E-state index contributed by atoms with van der Waals surface area (Å²) in [6, 6.07) is 8.90. The predicted octanol–water partition coefficient (Wildman–Crippen LogP) is 0.855. The largest absolute Gasteiger partial charge is 0.506 e. The number of rotatable bonds is 6. The van der Waals surface area contributed by atoms with Crippen molar-refractivity contribution in [3.05, 3.63) is 57.4 Å². The maximum absolute atomic E-state index is 12.0. The summed E-state index contributed by atoms with van der Waals surface area (Å²) in [5.74, 6) is 0.337. The highest BCUT2D eigenvalue weighted by Crippen LogP contribution is 2.27. The predicted molar refractivity (Wildman–Crippen MR) is 102 cm³/mol. The number of benzene rings is 1. The van der Waals surface area contributed by atoms with Crippen LogP contribution < -0.4 is 16.1 Å². The fraction of sp³-hybridized carbons (Fsp3) is 0.474. The highest BCUT2D eigenvalue weighted by molar-refractivity contribution is 5.57. The molecule has 0 unspecified atom stereocenters. The number of phenols is 1. The Morgan fingerprint density at radius 2 is 1.65 bits per heavy atom. The summed E-state index contributed by atoms with van der Waals surface area (Å²) in [6.07, 6.45) is 3.49. The van der Waals surface area contributed by atoms with Gasteiger partial charge in [0.05, 0.1) is 5.69 Å². The van der Waals surface area contributed by atoms with Crippen LogP contribution in [-0.2, 0) is 13.6 Å². The first-order valence-electron chi connectivity index (χ1n) is 9.08. The Morgan fingerprint density at radius 3 is 2.38 bits per heavy atom. The molecule has 7 nitrogen and oxygen atoms in total. The Morgan fingerprint density at radius 1 is 0.962 bits per heavy atom. The molecule has 0 radical (unpaired) electrons. The standard InChI is InChI=1S/C19H26N4O3/c1-20-18(25)8-11-23(19(20)26)10-5-4-9-21-12-14-22(15-13-21)16-6-2-3-7-17(16)24/h2-3,6-8,11,24H,4-5,9-10,12-15H2,1H3. The van der Waals surface area contributed by atoms with E-state index in [1.54, 1.807) is 16.8 Å². The van der Waals surface area contributed by atoms with Crippen molar-refractivity contribution in [1.82, 2.24) is 14.0 Å². The van der Waals surface area contributed by atoms with Crippen molar-refractivity contribution >= 4 is 5.69 Å². The van der Waals surface area contributed by atoms with Gasteiger partial charge >= 0.3 is 5.69 Å². The third kappa shape index (κ3) is 4.16. The minimum Gasteiger partial charge on any atom is -0.506 e. The van der Waals surface area contributed by atoms with E-state index in [0.717, 1.165) is 55.8 Å². The Hall–Kier alpha value is -2.54. The quantitative estimate of drug-likeness (QED) is 0.776. The number of aromatic nitrogens is 2. The smallest absolute Gasteiger partial charge is 0.330 e. The monoisotopic (exact) mass is 358 g/mol. The molecule has 140 valence electrons. The van der Waals surface area contributed by atoms with Crippen molar-refractivity contribution in [3.63, 3.8) is 0 Å². The van der Waals surface area contributed by atoms with Gasteiger partial charge in [-0.25, -0.2) is 4.79 Å². The Bertz CT molecular complexity index is 850. The van der Waals surface area contributed by atoms with E-state index in [1.165, 1.54) is 13.1 Å². The van der Waals surface area contributed by atoms with E-state index in [-0.39, 0.29) is 11.2 Å². The first kappa shape index (κ1) is 18.3. The molecule has 1 aliphatic rings. The summed E-state index contributed by atoms with van der Waals surface area (Å²) in [4.78, 5) is 28.0. The van der Waals surface area contributed by atoms with Crippen LogP contribution in [0.3, 0.4) is 0 Å². The van der Waals surface area contributed by atoms with Crippen LogP contribution in [0.2, 0.25) is 0 Å². The van der Waals surface area contributed by atoms with Gasteiger partial charge in [-0.3, -0.25) is 14.3 Å². The molecule has 1 aromatic heterocycles. The van der Waals surface area contributed by atoms with E-state index in [0.29, 0.717) is 12.3 Å². The van der Waals surface area contributed by atoms with Crippen LogP contribution in [0.25, 0.3) is 0 Å². The SMILES string of the molecule is Cn1c(=O)ccn(CCCCN2CCN(c3ccccc3O)CC2)c1=O. The number of aromatic hydroxyl groups is 1. The van der Waals surface area contributed by atoms with Crippen molar-refractivity contribution in [1.29, 1.82) is 0 Å². The molecular weight excluding hydrogens is 332 g/mol. The fourth-order valence-corrected chi connectivity index (χ4v) is 3.35. The minimum absolute atomic E-state index is 0.256. The van der Waals surface area contributed by atoms with Gasteiger partial charge in [0.2, 0.25) is 0 Å². The first-order valence-corrected chi connectivity index (χ1v) is 9.08. The van der Waals surface area contributed by atoms with Crippen molar-refractivity contribution in [2.75, 3.05) is 37.6 Å². The van der Waals surface area contributed by atoms with Crippen LogP contribution in [0.4, 0.5) is 5.69 Å². The van der Waals surface area contributed by atoms with Gasteiger partial charge in [0.15, 0.2) is 0 Å². The zero-order valence-corrected chi connectivity index (χ0v) is 15.2. The molecule has 3 rings (SSSR count). The van der Waals surface area contributed by atoms with Crippen molar-refractivity contribution < 1.29 is 5.11 Å². The molecule has 7 heteroatoms. The Labute approximate surface area is 152 Å². The van der Waals surface area contributed by atoms with Crippen LogP contribution in [0.15, 0.2) is 46.1 Å². The summed E-state index contributed by atoms with van der Waals surface area (Å²) in [7, 11) is 1.51. The Kier molecular flexibility index (Phi) is 5.78. The lowest BCUT2D eigenvalue weighted by atomic mass is 10.2. The zero-order chi connectivity index (χ0) is 18.5. The molecule has 1 aliphatic heterocycles. The molecule has 0 spiro atoms. The van der Waals surface area contributed by atoms with Crippen LogP contribution in [0.5, 0.6) is 5.75 Å². The summed E-state index contributed by atoms with van der Waals surface area (Å²) in [5.41, 5.74) is 0.378. The normalized spacial score (nSPS) is 15.3. The molecule has 1 saturated heterocycles. The van der Waals surface area contributed by atoms with Crippen molar-refractivity contribution in [2.24, 2.45) is 7.05 Å². The molecule has 1 fully saturated rings. The maximum atomic E-state index is 12.0. The first-order chi connectivity index (χ1) is 12.6. The molecule has 1 aromatic carbocycles. The van der Waals surface area contributed by atoms with Crippen LogP contribution in [-0.4, -0.2) is 51.9 Å². The maximum Gasteiger partial charge on any atom is 0.330 e. The van der Waals surface area contributed by atoms with Gasteiger partial charge in [0.1, 0.15) is 5.75 Å². The average Bonchev–Trinajstić information content (AvgIpc) is 2.66. The number of para-hydroxylation sites is 2. The number of piperazine rings is 1. The molecule has 0 saturated carbocycles. The number of aryl methyl sites for hydroxylation is 1. The molecule has 0 aliphatic carbocycles. The number of hydrogen-bond acceptors (Lipinski definition) is 5. The molecule has 0 atom stereocenters. The number of hydrogen-bond donors (Lipinski definition) is 1. The number of anilines is 1. The van der Waals surface area contributed by atoms with Gasteiger partial charge in [-0.05, 0) is 31.5 Å². The molecule has 1 N–H and O–H groups in total. The molecule has 0 amide bonds. The summed E-state index contributed by atoms with van der Waals surface area (Å²) in [6.45, 7) is 5.36. The topological polar surface area (TPSA) is 70.7 Å². The summed E-state index contributed by atoms with van der Waals surface area (Å²) >= 11 is 0. The van der Waals surface area contributed by atoms with Gasteiger partial charge < -0.3 is 14.6 Å². The lowest BCUT2D eigenvalue weighted by Gasteiger charge is -2.36. The van der Waals surface area contributed by atoms with Gasteiger partial charge in [-0.15, -0.1) is 0 Å². The minimum atomic E-state index is -0.270. The summed E-state index contributed by atoms with van der Waals surface area (Å²) in [5, 5.41) is 9.96. The molecular formula is C19H26N4O3.